The number of anilines is 1. The average molecular weight is 405 g/mol. The van der Waals surface area contributed by atoms with Crippen LogP contribution in [-0.4, -0.2) is 55.9 Å². The van der Waals surface area contributed by atoms with Gasteiger partial charge in [0.2, 0.25) is 11.0 Å². The van der Waals surface area contributed by atoms with Crippen LogP contribution in [0.5, 0.6) is 0 Å². The standard InChI is InChI=1S/C15H21ClN4O5S/c1-4-5-26-14-18-12(16)9(20(22)23)13(19-14)17-7-6-8(21)11-10(7)24-15(2,3)25-11/h7-8,10-11,21H,4-6H2,1-3H3,(H,17,18,19)/t7?,8-,10?,11?/m0/s1. The van der Waals surface area contributed by atoms with Crippen LogP contribution in [0.1, 0.15) is 33.6 Å². The number of thioether (sulfide) groups is 1. The fraction of sp³-hybridized carbons (Fsp3) is 0.733. The average Bonchev–Trinajstić information content (AvgIpc) is 2.99. The van der Waals surface area contributed by atoms with Crippen LogP contribution >= 0.6 is 23.4 Å². The summed E-state index contributed by atoms with van der Waals surface area (Å²) < 4.78 is 11.6. The Hall–Kier alpha value is -1.20. The number of halogens is 1. The highest BCUT2D eigenvalue weighted by Gasteiger charge is 2.54. The van der Waals surface area contributed by atoms with Gasteiger partial charge in [0, 0.05) is 5.75 Å². The number of nitrogens with zero attached hydrogens (tertiary/aromatic N) is 3. The van der Waals surface area contributed by atoms with E-state index in [4.69, 9.17) is 21.1 Å². The van der Waals surface area contributed by atoms with Crippen molar-refractivity contribution in [2.45, 2.75) is 68.9 Å². The van der Waals surface area contributed by atoms with Crippen molar-refractivity contribution >= 4 is 34.9 Å². The van der Waals surface area contributed by atoms with Crippen molar-refractivity contribution < 1.29 is 19.5 Å². The summed E-state index contributed by atoms with van der Waals surface area (Å²) >= 11 is 7.40. The number of fused-ring (bicyclic) bond motifs is 1. The lowest BCUT2D eigenvalue weighted by Crippen LogP contribution is -2.35. The number of hydrogen-bond donors (Lipinski definition) is 2. The molecule has 0 spiro atoms. The minimum atomic E-state index is -0.825. The van der Waals surface area contributed by atoms with Crippen molar-refractivity contribution in [3.8, 4) is 0 Å². The van der Waals surface area contributed by atoms with E-state index in [0.717, 1.165) is 12.2 Å². The highest BCUT2D eigenvalue weighted by Crippen LogP contribution is 2.41. The molecule has 3 rings (SSSR count). The SMILES string of the molecule is CCCSc1nc(Cl)c([N+](=O)[O-])c(NC2C[C@H](O)C3OC(C)(C)OC23)n1. The number of ether oxygens (including phenoxy) is 2. The van der Waals surface area contributed by atoms with Crippen LogP contribution in [-0.2, 0) is 9.47 Å². The Morgan fingerprint density at radius 1 is 1.42 bits per heavy atom. The van der Waals surface area contributed by atoms with Crippen molar-refractivity contribution in [1.82, 2.24) is 9.97 Å². The van der Waals surface area contributed by atoms with Gasteiger partial charge in [-0.05, 0) is 26.7 Å². The number of nitrogens with one attached hydrogen (secondary N) is 1. The van der Waals surface area contributed by atoms with Gasteiger partial charge in [0.25, 0.3) is 0 Å². The maximum Gasteiger partial charge on any atom is 0.348 e. The Labute approximate surface area is 160 Å². The van der Waals surface area contributed by atoms with Crippen molar-refractivity contribution in [3.05, 3.63) is 15.3 Å². The molecule has 0 aromatic carbocycles. The Morgan fingerprint density at radius 2 is 2.12 bits per heavy atom. The lowest BCUT2D eigenvalue weighted by molar-refractivity contribution is -0.384. The van der Waals surface area contributed by atoms with Gasteiger partial charge in [0.15, 0.2) is 10.9 Å². The molecular formula is C15H21ClN4O5S. The van der Waals surface area contributed by atoms with Gasteiger partial charge in [-0.3, -0.25) is 10.1 Å². The second-order valence-corrected chi connectivity index (χ2v) is 8.14. The van der Waals surface area contributed by atoms with E-state index in [2.05, 4.69) is 15.3 Å². The van der Waals surface area contributed by atoms with E-state index in [1.54, 1.807) is 13.8 Å². The molecule has 11 heteroatoms. The molecule has 1 aliphatic heterocycles. The number of hydrogen-bond acceptors (Lipinski definition) is 9. The highest BCUT2D eigenvalue weighted by atomic mass is 35.5. The summed E-state index contributed by atoms with van der Waals surface area (Å²) in [5.41, 5.74) is -0.386. The molecule has 9 nitrogen and oxygen atoms in total. The van der Waals surface area contributed by atoms with Gasteiger partial charge in [0.05, 0.1) is 17.1 Å². The zero-order chi connectivity index (χ0) is 19.1. The minimum absolute atomic E-state index is 0.0276. The smallest absolute Gasteiger partial charge is 0.348 e. The largest absolute Gasteiger partial charge is 0.390 e. The van der Waals surface area contributed by atoms with Crippen molar-refractivity contribution in [2.75, 3.05) is 11.1 Å². The van der Waals surface area contributed by atoms with E-state index in [0.29, 0.717) is 11.6 Å². The highest BCUT2D eigenvalue weighted by molar-refractivity contribution is 7.99. The van der Waals surface area contributed by atoms with Crippen LogP contribution in [0.15, 0.2) is 5.16 Å². The molecule has 1 aromatic rings. The van der Waals surface area contributed by atoms with Crippen LogP contribution in [0, 0.1) is 10.1 Å². The molecule has 0 amide bonds. The van der Waals surface area contributed by atoms with Crippen molar-refractivity contribution in [3.63, 3.8) is 0 Å². The normalized spacial score (nSPS) is 29.6. The topological polar surface area (TPSA) is 120 Å². The van der Waals surface area contributed by atoms with Crippen LogP contribution in [0.2, 0.25) is 5.15 Å². The molecule has 2 aliphatic rings. The van der Waals surface area contributed by atoms with E-state index in [1.165, 1.54) is 11.8 Å². The minimum Gasteiger partial charge on any atom is -0.390 e. The number of aliphatic hydroxyl groups is 1. The zero-order valence-electron chi connectivity index (χ0n) is 14.6. The molecule has 26 heavy (non-hydrogen) atoms. The summed E-state index contributed by atoms with van der Waals surface area (Å²) in [5.74, 6) is -0.0284. The summed E-state index contributed by atoms with van der Waals surface area (Å²) in [6.45, 7) is 5.54. The molecule has 0 radical (unpaired) electrons. The molecule has 4 atom stereocenters. The van der Waals surface area contributed by atoms with E-state index >= 15 is 0 Å². The second-order valence-electron chi connectivity index (χ2n) is 6.72. The molecule has 0 bridgehead atoms. The maximum atomic E-state index is 11.4. The third-order valence-electron chi connectivity index (χ3n) is 4.20. The monoisotopic (exact) mass is 404 g/mol. The molecule has 3 unspecified atom stereocenters. The Kier molecular flexibility index (Phi) is 5.59. The van der Waals surface area contributed by atoms with Crippen LogP contribution in [0.25, 0.3) is 0 Å². The Morgan fingerprint density at radius 3 is 2.77 bits per heavy atom. The molecular weight excluding hydrogens is 384 g/mol. The third-order valence-corrected chi connectivity index (χ3v) is 5.51. The lowest BCUT2D eigenvalue weighted by atomic mass is 10.2. The molecule has 2 fully saturated rings. The van der Waals surface area contributed by atoms with Gasteiger partial charge in [-0.1, -0.05) is 30.3 Å². The Balaban J connectivity index is 1.88. The summed E-state index contributed by atoms with van der Waals surface area (Å²) in [5, 5.41) is 24.8. The fourth-order valence-electron chi connectivity index (χ4n) is 3.20. The first-order chi connectivity index (χ1) is 12.2. The molecule has 1 aliphatic carbocycles. The molecule has 1 aromatic heterocycles. The van der Waals surface area contributed by atoms with Gasteiger partial charge < -0.3 is 19.9 Å². The molecule has 2 N–H and O–H groups in total. The summed E-state index contributed by atoms with van der Waals surface area (Å²) in [7, 11) is 0. The van der Waals surface area contributed by atoms with Gasteiger partial charge in [-0.15, -0.1) is 0 Å². The van der Waals surface area contributed by atoms with E-state index in [9.17, 15) is 15.2 Å². The summed E-state index contributed by atoms with van der Waals surface area (Å²) in [6.07, 6.45) is -0.441. The van der Waals surface area contributed by atoms with Crippen LogP contribution in [0.3, 0.4) is 0 Å². The van der Waals surface area contributed by atoms with Crippen LogP contribution in [0.4, 0.5) is 11.5 Å². The lowest BCUT2D eigenvalue weighted by Gasteiger charge is -2.23. The first kappa shape index (κ1) is 19.6. The number of rotatable bonds is 6. The second kappa shape index (κ2) is 7.43. The summed E-state index contributed by atoms with van der Waals surface area (Å²) in [6, 6.07) is -0.398. The first-order valence-corrected chi connectivity index (χ1v) is 9.73. The Bertz CT molecular complexity index is 707. The van der Waals surface area contributed by atoms with Crippen LogP contribution < -0.4 is 5.32 Å². The van der Waals surface area contributed by atoms with Gasteiger partial charge in [-0.2, -0.15) is 4.98 Å². The van der Waals surface area contributed by atoms with Gasteiger partial charge in [0.1, 0.15) is 12.2 Å². The molecule has 2 heterocycles. The zero-order valence-corrected chi connectivity index (χ0v) is 16.2. The molecule has 1 saturated carbocycles. The predicted molar refractivity (Wildman–Crippen MR) is 96.6 cm³/mol. The van der Waals surface area contributed by atoms with E-state index in [-0.39, 0.29) is 16.7 Å². The molecule has 144 valence electrons. The summed E-state index contributed by atoms with van der Waals surface area (Å²) in [4.78, 5) is 19.1. The third kappa shape index (κ3) is 3.89. The number of aromatic nitrogens is 2. The number of aliphatic hydroxyl groups excluding tert-OH is 1. The predicted octanol–water partition coefficient (Wildman–Crippen LogP) is 2.61. The fourth-order valence-corrected chi connectivity index (χ4v) is 4.19. The van der Waals surface area contributed by atoms with E-state index in [1.807, 2.05) is 6.92 Å². The quantitative estimate of drug-likeness (QED) is 0.242. The first-order valence-electron chi connectivity index (χ1n) is 8.37. The van der Waals surface area contributed by atoms with Crippen molar-refractivity contribution in [2.24, 2.45) is 0 Å². The maximum absolute atomic E-state index is 11.4. The van der Waals surface area contributed by atoms with Gasteiger partial charge in [-0.25, -0.2) is 4.98 Å². The van der Waals surface area contributed by atoms with Crippen molar-refractivity contribution in [1.29, 1.82) is 0 Å². The molecule has 1 saturated heterocycles. The number of nitro groups is 1. The van der Waals surface area contributed by atoms with Gasteiger partial charge >= 0.3 is 5.69 Å². The van der Waals surface area contributed by atoms with E-state index < -0.39 is 35.1 Å².